The summed E-state index contributed by atoms with van der Waals surface area (Å²) in [5.74, 6) is 0.119. The molecule has 0 bridgehead atoms. The van der Waals surface area contributed by atoms with Crippen LogP contribution in [-0.2, 0) is 0 Å². The normalized spacial score (nSPS) is 12.8. The largest absolute Gasteiger partial charge is 0.435 e. The summed E-state index contributed by atoms with van der Waals surface area (Å²) in [6, 6.07) is 6.04. The second-order valence-corrected chi connectivity index (χ2v) is 3.42. The Morgan fingerprint density at radius 1 is 1.25 bits per heavy atom. The predicted molar refractivity (Wildman–Crippen MR) is 56.3 cm³/mol. The van der Waals surface area contributed by atoms with Crippen molar-refractivity contribution in [2.24, 2.45) is 5.73 Å². The number of aliphatic hydroxyl groups is 1. The van der Waals surface area contributed by atoms with Crippen molar-refractivity contribution in [1.82, 2.24) is 0 Å². The van der Waals surface area contributed by atoms with Crippen LogP contribution >= 0.6 is 0 Å². The first-order valence-electron chi connectivity index (χ1n) is 5.04. The fraction of sp³-hybridized carbons (Fsp3) is 0.455. The minimum Gasteiger partial charge on any atom is -0.435 e. The van der Waals surface area contributed by atoms with Crippen LogP contribution < -0.4 is 10.5 Å². The van der Waals surface area contributed by atoms with Crippen LogP contribution in [0, 0.1) is 0 Å². The van der Waals surface area contributed by atoms with Crippen molar-refractivity contribution >= 4 is 0 Å². The van der Waals surface area contributed by atoms with Crippen LogP contribution in [0.3, 0.4) is 0 Å². The minimum atomic E-state index is -2.81. The predicted octanol–water partition coefficient (Wildman–Crippen LogP) is 2.06. The van der Waals surface area contributed by atoms with E-state index in [-0.39, 0.29) is 18.4 Å². The zero-order chi connectivity index (χ0) is 12.0. The maximum Gasteiger partial charge on any atom is 0.387 e. The fourth-order valence-corrected chi connectivity index (χ4v) is 1.37. The number of rotatable bonds is 6. The molecule has 3 nitrogen and oxygen atoms in total. The quantitative estimate of drug-likeness (QED) is 0.787. The molecule has 0 spiro atoms. The van der Waals surface area contributed by atoms with Gasteiger partial charge in [-0.25, -0.2) is 0 Å². The summed E-state index contributed by atoms with van der Waals surface area (Å²) in [4.78, 5) is 0. The molecule has 1 aromatic carbocycles. The van der Waals surface area contributed by atoms with Crippen molar-refractivity contribution in [3.05, 3.63) is 29.8 Å². The topological polar surface area (TPSA) is 55.5 Å². The van der Waals surface area contributed by atoms with Crippen LogP contribution in [0.1, 0.15) is 24.4 Å². The van der Waals surface area contributed by atoms with Gasteiger partial charge in [0.25, 0.3) is 0 Å². The first-order valence-corrected chi connectivity index (χ1v) is 5.04. The van der Waals surface area contributed by atoms with Gasteiger partial charge in [-0.05, 0) is 30.5 Å². The molecule has 90 valence electrons. The number of ether oxygens (including phenoxy) is 1. The number of nitrogens with two attached hydrogens (primary N) is 1. The Hall–Kier alpha value is -1.20. The zero-order valence-corrected chi connectivity index (χ0v) is 8.77. The molecule has 0 radical (unpaired) electrons. The number of hydrogen-bond donors (Lipinski definition) is 2. The molecule has 0 unspecified atom stereocenters. The highest BCUT2D eigenvalue weighted by molar-refractivity contribution is 5.29. The van der Waals surface area contributed by atoms with Gasteiger partial charge in [-0.3, -0.25) is 0 Å². The molecule has 0 aliphatic heterocycles. The summed E-state index contributed by atoms with van der Waals surface area (Å²) in [7, 11) is 0. The molecule has 0 saturated heterocycles. The molecule has 0 fully saturated rings. The summed E-state index contributed by atoms with van der Waals surface area (Å²) >= 11 is 0. The number of halogens is 2. The highest BCUT2D eigenvalue weighted by Gasteiger charge is 2.07. The van der Waals surface area contributed by atoms with Crippen LogP contribution in [0.15, 0.2) is 24.3 Å². The van der Waals surface area contributed by atoms with Gasteiger partial charge in [0.2, 0.25) is 0 Å². The maximum absolute atomic E-state index is 11.9. The number of alkyl halides is 2. The minimum absolute atomic E-state index is 0.0975. The second-order valence-electron chi connectivity index (χ2n) is 3.42. The molecule has 0 heterocycles. The lowest BCUT2D eigenvalue weighted by Gasteiger charge is -2.12. The van der Waals surface area contributed by atoms with Crippen molar-refractivity contribution in [2.45, 2.75) is 25.5 Å². The molecule has 0 amide bonds. The summed E-state index contributed by atoms with van der Waals surface area (Å²) in [5, 5.41) is 8.65. The Balaban J connectivity index is 2.56. The second kappa shape index (κ2) is 6.40. The highest BCUT2D eigenvalue weighted by Crippen LogP contribution is 2.20. The van der Waals surface area contributed by atoms with Crippen LogP contribution in [-0.4, -0.2) is 18.3 Å². The molecule has 0 aliphatic carbocycles. The first-order chi connectivity index (χ1) is 7.63. The third kappa shape index (κ3) is 4.12. The van der Waals surface area contributed by atoms with Crippen molar-refractivity contribution in [3.63, 3.8) is 0 Å². The van der Waals surface area contributed by atoms with Gasteiger partial charge in [0.1, 0.15) is 5.75 Å². The molecule has 0 aliphatic rings. The lowest BCUT2D eigenvalue weighted by molar-refractivity contribution is -0.0498. The number of aliphatic hydroxyl groups excluding tert-OH is 1. The summed E-state index contributed by atoms with van der Waals surface area (Å²) < 4.78 is 28.0. The van der Waals surface area contributed by atoms with E-state index in [0.717, 1.165) is 5.56 Å². The summed E-state index contributed by atoms with van der Waals surface area (Å²) in [6.45, 7) is -2.71. The van der Waals surface area contributed by atoms with Gasteiger partial charge < -0.3 is 15.6 Å². The van der Waals surface area contributed by atoms with Crippen molar-refractivity contribution in [2.75, 3.05) is 6.61 Å². The number of hydrogen-bond acceptors (Lipinski definition) is 3. The van der Waals surface area contributed by atoms with Gasteiger partial charge in [-0.15, -0.1) is 0 Å². The molecule has 5 heteroatoms. The highest BCUT2D eigenvalue weighted by atomic mass is 19.3. The van der Waals surface area contributed by atoms with Crippen LogP contribution in [0.5, 0.6) is 5.75 Å². The molecule has 1 rings (SSSR count). The van der Waals surface area contributed by atoms with E-state index in [1.165, 1.54) is 12.1 Å². The third-order valence-electron chi connectivity index (χ3n) is 2.21. The van der Waals surface area contributed by atoms with Gasteiger partial charge in [0.05, 0.1) is 0 Å². The van der Waals surface area contributed by atoms with Crippen LogP contribution in [0.4, 0.5) is 8.78 Å². The first kappa shape index (κ1) is 12.9. The Bertz CT molecular complexity index is 303. The molecule has 16 heavy (non-hydrogen) atoms. The van der Waals surface area contributed by atoms with E-state index in [2.05, 4.69) is 4.74 Å². The average molecular weight is 231 g/mol. The average Bonchev–Trinajstić information content (AvgIpc) is 2.26. The zero-order valence-electron chi connectivity index (χ0n) is 8.77. The van der Waals surface area contributed by atoms with Crippen molar-refractivity contribution in [1.29, 1.82) is 0 Å². The lowest BCUT2D eigenvalue weighted by Crippen LogP contribution is -2.10. The van der Waals surface area contributed by atoms with E-state index in [1.807, 2.05) is 0 Å². The molecule has 3 N–H and O–H groups in total. The third-order valence-corrected chi connectivity index (χ3v) is 2.21. The van der Waals surface area contributed by atoms with Crippen LogP contribution in [0.2, 0.25) is 0 Å². The van der Waals surface area contributed by atoms with Gasteiger partial charge in [-0.2, -0.15) is 8.78 Å². The van der Waals surface area contributed by atoms with Gasteiger partial charge in [0, 0.05) is 12.6 Å². The van der Waals surface area contributed by atoms with E-state index < -0.39 is 6.61 Å². The Kier molecular flexibility index (Phi) is 5.14. The van der Waals surface area contributed by atoms with Gasteiger partial charge in [-0.1, -0.05) is 12.1 Å². The van der Waals surface area contributed by atoms with E-state index in [1.54, 1.807) is 12.1 Å². The molecule has 0 saturated carbocycles. The Morgan fingerprint density at radius 3 is 2.38 bits per heavy atom. The molecule has 0 aromatic heterocycles. The fourth-order valence-electron chi connectivity index (χ4n) is 1.37. The lowest BCUT2D eigenvalue weighted by atomic mass is 10.0. The number of benzene rings is 1. The van der Waals surface area contributed by atoms with Crippen molar-refractivity contribution in [3.8, 4) is 5.75 Å². The van der Waals surface area contributed by atoms with Crippen molar-refractivity contribution < 1.29 is 18.6 Å². The summed E-state index contributed by atoms with van der Waals surface area (Å²) in [6.07, 6.45) is 1.28. The molecule has 1 atom stereocenters. The van der Waals surface area contributed by atoms with Gasteiger partial charge in [0.15, 0.2) is 0 Å². The Labute approximate surface area is 92.8 Å². The van der Waals surface area contributed by atoms with Crippen LogP contribution in [0.25, 0.3) is 0 Å². The van der Waals surface area contributed by atoms with E-state index in [9.17, 15) is 8.78 Å². The molecular weight excluding hydrogens is 216 g/mol. The molecular formula is C11H15F2NO2. The van der Waals surface area contributed by atoms with E-state index in [0.29, 0.717) is 12.8 Å². The molecule has 1 aromatic rings. The SMILES string of the molecule is N[C@H](CCCO)c1ccc(OC(F)F)cc1. The standard InChI is InChI=1S/C11H15F2NO2/c12-11(13)16-9-5-3-8(4-6-9)10(14)2-1-7-15/h3-6,10-11,15H,1-2,7,14H2/t10-/m1/s1. The maximum atomic E-state index is 11.9. The van der Waals surface area contributed by atoms with E-state index >= 15 is 0 Å². The monoisotopic (exact) mass is 231 g/mol. The smallest absolute Gasteiger partial charge is 0.387 e. The Morgan fingerprint density at radius 2 is 1.88 bits per heavy atom. The van der Waals surface area contributed by atoms with Gasteiger partial charge >= 0.3 is 6.61 Å². The summed E-state index contributed by atoms with van der Waals surface area (Å²) in [5.41, 5.74) is 6.67. The van der Waals surface area contributed by atoms with E-state index in [4.69, 9.17) is 10.8 Å².